The van der Waals surface area contributed by atoms with Crippen LogP contribution in [-0.4, -0.2) is 29.3 Å². The van der Waals surface area contributed by atoms with Crippen LogP contribution in [0.1, 0.15) is 22.9 Å². The number of nitrogens with zero attached hydrogens (tertiary/aromatic N) is 2. The average molecular weight is 247 g/mol. The fraction of sp³-hybridized carbons (Fsp3) is 0.800. The number of rotatable bonds is 3. The Labute approximate surface area is 98.8 Å². The molecule has 0 radical (unpaired) electrons. The second kappa shape index (κ2) is 4.76. The molecule has 1 saturated heterocycles. The summed E-state index contributed by atoms with van der Waals surface area (Å²) < 4.78 is 5.38. The first-order valence-corrected chi connectivity index (χ1v) is 6.52. The molecule has 1 aliphatic rings. The van der Waals surface area contributed by atoms with E-state index in [9.17, 15) is 0 Å². The molecule has 0 saturated carbocycles. The lowest BCUT2D eigenvalue weighted by molar-refractivity contribution is 0.0257. The van der Waals surface area contributed by atoms with Gasteiger partial charge < -0.3 is 4.74 Å². The van der Waals surface area contributed by atoms with Crippen LogP contribution in [0.25, 0.3) is 0 Å². The summed E-state index contributed by atoms with van der Waals surface area (Å²) in [6, 6.07) is 0. The van der Waals surface area contributed by atoms with E-state index in [2.05, 4.69) is 10.2 Å². The van der Waals surface area contributed by atoms with Crippen molar-refractivity contribution in [1.29, 1.82) is 0 Å². The third-order valence-electron chi connectivity index (χ3n) is 2.93. The summed E-state index contributed by atoms with van der Waals surface area (Å²) in [4.78, 5) is 0. The molecule has 1 aliphatic heterocycles. The first kappa shape index (κ1) is 11.3. The number of ether oxygens (including phenoxy) is 1. The van der Waals surface area contributed by atoms with Crippen molar-refractivity contribution in [3.8, 4) is 0 Å². The van der Waals surface area contributed by atoms with E-state index in [-0.39, 0.29) is 5.41 Å². The molecule has 2 heterocycles. The fourth-order valence-corrected chi connectivity index (χ4v) is 3.14. The van der Waals surface area contributed by atoms with Crippen LogP contribution in [0.15, 0.2) is 0 Å². The van der Waals surface area contributed by atoms with Gasteiger partial charge in [-0.1, -0.05) is 0 Å². The molecule has 3 nitrogen and oxygen atoms in total. The minimum atomic E-state index is 0.186. The molecular formula is C10H15ClN2OS. The number of hydrogen-bond acceptors (Lipinski definition) is 4. The number of halogens is 1. The molecule has 0 bridgehead atoms. The predicted molar refractivity (Wildman–Crippen MR) is 61.6 cm³/mol. The Morgan fingerprint density at radius 2 is 2.13 bits per heavy atom. The van der Waals surface area contributed by atoms with Gasteiger partial charge in [-0.3, -0.25) is 0 Å². The van der Waals surface area contributed by atoms with Crippen LogP contribution in [-0.2, 0) is 11.2 Å². The third kappa shape index (κ3) is 2.68. The van der Waals surface area contributed by atoms with Crippen molar-refractivity contribution in [2.75, 3.05) is 19.1 Å². The average Bonchev–Trinajstić information content (AvgIpc) is 2.65. The van der Waals surface area contributed by atoms with Gasteiger partial charge in [0.1, 0.15) is 10.0 Å². The van der Waals surface area contributed by atoms with E-state index in [1.807, 2.05) is 6.92 Å². The second-order valence-corrected chi connectivity index (χ2v) is 5.67. The quantitative estimate of drug-likeness (QED) is 0.769. The Morgan fingerprint density at radius 1 is 1.40 bits per heavy atom. The maximum Gasteiger partial charge on any atom is 0.118 e. The van der Waals surface area contributed by atoms with Gasteiger partial charge in [-0.05, 0) is 25.2 Å². The van der Waals surface area contributed by atoms with Gasteiger partial charge in [0.05, 0.1) is 0 Å². The van der Waals surface area contributed by atoms with E-state index in [0.717, 1.165) is 42.5 Å². The van der Waals surface area contributed by atoms with Crippen LogP contribution < -0.4 is 0 Å². The van der Waals surface area contributed by atoms with Crippen molar-refractivity contribution in [3.63, 3.8) is 0 Å². The summed E-state index contributed by atoms with van der Waals surface area (Å²) >= 11 is 7.77. The van der Waals surface area contributed by atoms with Gasteiger partial charge in [0.15, 0.2) is 0 Å². The second-order valence-electron chi connectivity index (χ2n) is 4.14. The first-order chi connectivity index (χ1) is 7.24. The molecule has 0 atom stereocenters. The molecule has 1 aromatic rings. The van der Waals surface area contributed by atoms with E-state index in [0.29, 0.717) is 5.88 Å². The summed E-state index contributed by atoms with van der Waals surface area (Å²) in [5.41, 5.74) is 0.186. The normalized spacial score (nSPS) is 20.4. The zero-order chi connectivity index (χ0) is 10.7. The van der Waals surface area contributed by atoms with Crippen molar-refractivity contribution < 1.29 is 4.74 Å². The molecule has 2 rings (SSSR count). The van der Waals surface area contributed by atoms with Gasteiger partial charge in [-0.15, -0.1) is 33.1 Å². The van der Waals surface area contributed by atoms with E-state index in [1.165, 1.54) is 0 Å². The van der Waals surface area contributed by atoms with Crippen LogP contribution in [0.5, 0.6) is 0 Å². The molecule has 5 heteroatoms. The molecule has 0 aliphatic carbocycles. The maximum atomic E-state index is 6.09. The number of alkyl halides is 1. The Kier molecular flexibility index (Phi) is 3.59. The Bertz CT molecular complexity index is 323. The highest BCUT2D eigenvalue weighted by molar-refractivity contribution is 7.11. The predicted octanol–water partition coefficient (Wildman–Crippen LogP) is 2.42. The monoisotopic (exact) mass is 246 g/mol. The molecule has 1 aromatic heterocycles. The molecule has 0 spiro atoms. The lowest BCUT2D eigenvalue weighted by Crippen LogP contribution is -2.33. The summed E-state index contributed by atoms with van der Waals surface area (Å²) in [6.07, 6.45) is 3.02. The van der Waals surface area contributed by atoms with E-state index in [1.54, 1.807) is 11.3 Å². The van der Waals surface area contributed by atoms with Gasteiger partial charge in [0, 0.05) is 25.5 Å². The van der Waals surface area contributed by atoms with Crippen LogP contribution in [0.3, 0.4) is 0 Å². The van der Waals surface area contributed by atoms with Crippen molar-refractivity contribution in [2.45, 2.75) is 26.2 Å². The van der Waals surface area contributed by atoms with E-state index >= 15 is 0 Å². The lowest BCUT2D eigenvalue weighted by atomic mass is 9.79. The summed E-state index contributed by atoms with van der Waals surface area (Å²) in [6.45, 7) is 3.63. The number of aryl methyl sites for hydroxylation is 1. The highest BCUT2D eigenvalue weighted by Gasteiger charge is 2.33. The van der Waals surface area contributed by atoms with Gasteiger partial charge in [0.2, 0.25) is 0 Å². The van der Waals surface area contributed by atoms with Gasteiger partial charge in [-0.2, -0.15) is 0 Å². The zero-order valence-electron chi connectivity index (χ0n) is 8.83. The molecule has 84 valence electrons. The van der Waals surface area contributed by atoms with Crippen LogP contribution >= 0.6 is 22.9 Å². The highest BCUT2D eigenvalue weighted by Crippen LogP contribution is 2.36. The first-order valence-electron chi connectivity index (χ1n) is 5.17. The van der Waals surface area contributed by atoms with Crippen molar-refractivity contribution in [1.82, 2.24) is 10.2 Å². The van der Waals surface area contributed by atoms with E-state index < -0.39 is 0 Å². The van der Waals surface area contributed by atoms with Gasteiger partial charge in [-0.25, -0.2) is 0 Å². The summed E-state index contributed by atoms with van der Waals surface area (Å²) in [7, 11) is 0. The number of hydrogen-bond donors (Lipinski definition) is 0. The summed E-state index contributed by atoms with van der Waals surface area (Å²) in [5, 5.41) is 10.3. The Balaban J connectivity index is 2.06. The molecule has 0 N–H and O–H groups in total. The van der Waals surface area contributed by atoms with Gasteiger partial charge >= 0.3 is 0 Å². The SMILES string of the molecule is Cc1nnc(CC2(CCl)CCOCC2)s1. The standard InChI is InChI=1S/C10H15ClN2OS/c1-8-12-13-9(15-8)6-10(7-11)2-4-14-5-3-10/h2-7H2,1H3. The zero-order valence-corrected chi connectivity index (χ0v) is 10.4. The highest BCUT2D eigenvalue weighted by atomic mass is 35.5. The minimum absolute atomic E-state index is 0.186. The van der Waals surface area contributed by atoms with Gasteiger partial charge in [0.25, 0.3) is 0 Å². The Hall–Kier alpha value is -0.190. The maximum absolute atomic E-state index is 6.09. The smallest absolute Gasteiger partial charge is 0.118 e. The molecule has 0 aromatic carbocycles. The molecule has 1 fully saturated rings. The minimum Gasteiger partial charge on any atom is -0.381 e. The lowest BCUT2D eigenvalue weighted by Gasteiger charge is -2.34. The topological polar surface area (TPSA) is 35.0 Å². The van der Waals surface area contributed by atoms with Crippen LogP contribution in [0.4, 0.5) is 0 Å². The molecule has 15 heavy (non-hydrogen) atoms. The largest absolute Gasteiger partial charge is 0.381 e. The van der Waals surface area contributed by atoms with Crippen molar-refractivity contribution >= 4 is 22.9 Å². The molecular weight excluding hydrogens is 232 g/mol. The Morgan fingerprint density at radius 3 is 2.67 bits per heavy atom. The number of aromatic nitrogens is 2. The third-order valence-corrected chi connectivity index (χ3v) is 4.34. The van der Waals surface area contributed by atoms with Crippen molar-refractivity contribution in [3.05, 3.63) is 10.0 Å². The summed E-state index contributed by atoms with van der Waals surface area (Å²) in [5.74, 6) is 0.689. The molecule has 0 unspecified atom stereocenters. The van der Waals surface area contributed by atoms with Crippen LogP contribution in [0, 0.1) is 12.3 Å². The van der Waals surface area contributed by atoms with Crippen molar-refractivity contribution in [2.24, 2.45) is 5.41 Å². The fourth-order valence-electron chi connectivity index (χ4n) is 1.89. The van der Waals surface area contributed by atoms with E-state index in [4.69, 9.17) is 16.3 Å². The van der Waals surface area contributed by atoms with Crippen LogP contribution in [0.2, 0.25) is 0 Å². The molecule has 0 amide bonds.